The van der Waals surface area contributed by atoms with Gasteiger partial charge in [-0.1, -0.05) is 32.0 Å². The molecule has 1 aliphatic rings. The van der Waals surface area contributed by atoms with Gasteiger partial charge >= 0.3 is 0 Å². The number of benzene rings is 1. The lowest BCUT2D eigenvalue weighted by atomic mass is 9.80. The van der Waals surface area contributed by atoms with E-state index in [4.69, 9.17) is 4.74 Å². The van der Waals surface area contributed by atoms with Crippen LogP contribution in [-0.2, 0) is 0 Å². The molecule has 2 heteroatoms. The van der Waals surface area contributed by atoms with Gasteiger partial charge < -0.3 is 10.1 Å². The van der Waals surface area contributed by atoms with Gasteiger partial charge in [-0.15, -0.1) is 0 Å². The Hall–Kier alpha value is -1.02. The molecular formula is C16H25NO. The summed E-state index contributed by atoms with van der Waals surface area (Å²) in [5.74, 6) is 3.03. The molecule has 0 saturated carbocycles. The smallest absolute Gasteiger partial charge is 0.122 e. The lowest BCUT2D eigenvalue weighted by Gasteiger charge is -2.29. The molecule has 1 N–H and O–H groups in total. The summed E-state index contributed by atoms with van der Waals surface area (Å²) >= 11 is 0. The van der Waals surface area contributed by atoms with Crippen molar-refractivity contribution in [3.05, 3.63) is 29.8 Å². The van der Waals surface area contributed by atoms with Crippen molar-refractivity contribution in [3.63, 3.8) is 0 Å². The van der Waals surface area contributed by atoms with Gasteiger partial charge in [-0.25, -0.2) is 0 Å². The fourth-order valence-electron chi connectivity index (χ4n) is 3.02. The van der Waals surface area contributed by atoms with E-state index in [-0.39, 0.29) is 0 Å². The van der Waals surface area contributed by atoms with Gasteiger partial charge in [-0.2, -0.15) is 0 Å². The standard InChI is InChI=1S/C16H25NO/c1-11(2)15(12(3)17-4)9-13-10-18-16-8-6-5-7-14(13)16/h5-8,11-13,15,17H,9-10H2,1-4H3. The minimum Gasteiger partial charge on any atom is -0.493 e. The average molecular weight is 247 g/mol. The van der Waals surface area contributed by atoms with Crippen LogP contribution in [0.1, 0.15) is 38.7 Å². The highest BCUT2D eigenvalue weighted by Gasteiger charge is 2.29. The number of para-hydroxylation sites is 1. The second-order valence-electron chi connectivity index (χ2n) is 5.77. The quantitative estimate of drug-likeness (QED) is 0.860. The highest BCUT2D eigenvalue weighted by Crippen LogP contribution is 2.39. The molecule has 3 unspecified atom stereocenters. The lowest BCUT2D eigenvalue weighted by molar-refractivity contribution is 0.241. The van der Waals surface area contributed by atoms with Crippen LogP contribution in [0, 0.1) is 11.8 Å². The van der Waals surface area contributed by atoms with E-state index < -0.39 is 0 Å². The van der Waals surface area contributed by atoms with Crippen LogP contribution in [0.5, 0.6) is 5.75 Å². The van der Waals surface area contributed by atoms with Gasteiger partial charge in [0.2, 0.25) is 0 Å². The Morgan fingerprint density at radius 2 is 2.00 bits per heavy atom. The molecule has 0 radical (unpaired) electrons. The minimum atomic E-state index is 0.553. The molecule has 2 nitrogen and oxygen atoms in total. The molecule has 0 saturated heterocycles. The molecule has 1 heterocycles. The van der Waals surface area contributed by atoms with Crippen LogP contribution in [0.15, 0.2) is 24.3 Å². The van der Waals surface area contributed by atoms with Crippen LogP contribution < -0.4 is 10.1 Å². The third kappa shape index (κ3) is 2.69. The monoisotopic (exact) mass is 247 g/mol. The zero-order valence-corrected chi connectivity index (χ0v) is 11.9. The highest BCUT2D eigenvalue weighted by molar-refractivity contribution is 5.39. The molecule has 1 aromatic carbocycles. The Balaban J connectivity index is 2.10. The summed E-state index contributed by atoms with van der Waals surface area (Å²) in [6.07, 6.45) is 1.21. The normalized spacial score (nSPS) is 21.5. The highest BCUT2D eigenvalue weighted by atomic mass is 16.5. The fraction of sp³-hybridized carbons (Fsp3) is 0.625. The van der Waals surface area contributed by atoms with E-state index in [9.17, 15) is 0 Å². The number of hydrogen-bond acceptors (Lipinski definition) is 2. The van der Waals surface area contributed by atoms with Crippen LogP contribution in [-0.4, -0.2) is 19.7 Å². The lowest BCUT2D eigenvalue weighted by Crippen LogP contribution is -2.34. The zero-order valence-electron chi connectivity index (χ0n) is 11.9. The van der Waals surface area contributed by atoms with E-state index in [1.165, 1.54) is 12.0 Å². The number of ether oxygens (including phenoxy) is 1. The van der Waals surface area contributed by atoms with Crippen molar-refractivity contribution in [2.75, 3.05) is 13.7 Å². The van der Waals surface area contributed by atoms with Crippen molar-refractivity contribution in [3.8, 4) is 5.75 Å². The molecule has 1 aliphatic heterocycles. The van der Waals surface area contributed by atoms with Crippen LogP contribution in [0.4, 0.5) is 0 Å². The van der Waals surface area contributed by atoms with Gasteiger partial charge in [0, 0.05) is 17.5 Å². The van der Waals surface area contributed by atoms with Gasteiger partial charge in [-0.3, -0.25) is 0 Å². The van der Waals surface area contributed by atoms with Gasteiger partial charge in [-0.05, 0) is 38.3 Å². The van der Waals surface area contributed by atoms with E-state index >= 15 is 0 Å². The Labute approximate surface area is 111 Å². The van der Waals surface area contributed by atoms with Crippen molar-refractivity contribution in [1.82, 2.24) is 5.32 Å². The Morgan fingerprint density at radius 3 is 2.67 bits per heavy atom. The minimum absolute atomic E-state index is 0.553. The maximum atomic E-state index is 5.78. The Morgan fingerprint density at radius 1 is 1.28 bits per heavy atom. The van der Waals surface area contributed by atoms with Gasteiger partial charge in [0.05, 0.1) is 6.61 Å². The summed E-state index contributed by atoms with van der Waals surface area (Å²) < 4.78 is 5.78. The number of hydrogen-bond donors (Lipinski definition) is 1. The largest absolute Gasteiger partial charge is 0.493 e. The summed E-state index contributed by atoms with van der Waals surface area (Å²) in [6, 6.07) is 9.03. The van der Waals surface area contributed by atoms with Crippen LogP contribution >= 0.6 is 0 Å². The first-order valence-electron chi connectivity index (χ1n) is 7.02. The van der Waals surface area contributed by atoms with E-state index in [0.29, 0.717) is 23.8 Å². The summed E-state index contributed by atoms with van der Waals surface area (Å²) in [6.45, 7) is 7.77. The molecular weight excluding hydrogens is 222 g/mol. The van der Waals surface area contributed by atoms with Gasteiger partial charge in [0.1, 0.15) is 5.75 Å². The van der Waals surface area contributed by atoms with E-state index in [1.807, 2.05) is 0 Å². The summed E-state index contributed by atoms with van der Waals surface area (Å²) in [7, 11) is 2.05. The first kappa shape index (κ1) is 13.4. The number of fused-ring (bicyclic) bond motifs is 1. The summed E-state index contributed by atoms with van der Waals surface area (Å²) in [5.41, 5.74) is 1.39. The molecule has 2 rings (SSSR count). The SMILES string of the molecule is CNC(C)C(CC1COc2ccccc21)C(C)C. The first-order chi connectivity index (χ1) is 8.63. The third-order valence-corrected chi connectivity index (χ3v) is 4.31. The van der Waals surface area contributed by atoms with Crippen LogP contribution in [0.25, 0.3) is 0 Å². The molecule has 0 bridgehead atoms. The number of nitrogens with one attached hydrogen (secondary N) is 1. The molecule has 0 spiro atoms. The molecule has 0 fully saturated rings. The fourth-order valence-corrected chi connectivity index (χ4v) is 3.02. The summed E-state index contributed by atoms with van der Waals surface area (Å²) in [5, 5.41) is 3.40. The topological polar surface area (TPSA) is 21.3 Å². The molecule has 0 aromatic heterocycles. The number of rotatable bonds is 5. The molecule has 0 aliphatic carbocycles. The van der Waals surface area contributed by atoms with Gasteiger partial charge in [0.15, 0.2) is 0 Å². The predicted octanol–water partition coefficient (Wildman–Crippen LogP) is 3.43. The average Bonchev–Trinajstić information content (AvgIpc) is 2.78. The van der Waals surface area contributed by atoms with E-state index in [0.717, 1.165) is 12.4 Å². The second kappa shape index (κ2) is 5.75. The zero-order chi connectivity index (χ0) is 13.1. The first-order valence-corrected chi connectivity index (χ1v) is 7.02. The molecule has 18 heavy (non-hydrogen) atoms. The van der Waals surface area contributed by atoms with E-state index in [2.05, 4.69) is 57.4 Å². The van der Waals surface area contributed by atoms with Crippen LogP contribution in [0.3, 0.4) is 0 Å². The van der Waals surface area contributed by atoms with Crippen molar-refractivity contribution in [2.24, 2.45) is 11.8 Å². The molecule has 0 amide bonds. The molecule has 1 aromatic rings. The maximum Gasteiger partial charge on any atom is 0.122 e. The third-order valence-electron chi connectivity index (χ3n) is 4.31. The van der Waals surface area contributed by atoms with Crippen molar-refractivity contribution < 1.29 is 4.74 Å². The molecule has 3 atom stereocenters. The Kier molecular flexibility index (Phi) is 4.28. The molecule has 100 valence electrons. The Bertz CT molecular complexity index is 388. The van der Waals surface area contributed by atoms with Gasteiger partial charge in [0.25, 0.3) is 0 Å². The summed E-state index contributed by atoms with van der Waals surface area (Å²) in [4.78, 5) is 0. The van der Waals surface area contributed by atoms with E-state index in [1.54, 1.807) is 0 Å². The van der Waals surface area contributed by atoms with Crippen molar-refractivity contribution in [1.29, 1.82) is 0 Å². The van der Waals surface area contributed by atoms with Crippen molar-refractivity contribution in [2.45, 2.75) is 39.2 Å². The predicted molar refractivity (Wildman–Crippen MR) is 76.1 cm³/mol. The van der Waals surface area contributed by atoms with Crippen molar-refractivity contribution >= 4 is 0 Å². The maximum absolute atomic E-state index is 5.78. The second-order valence-corrected chi connectivity index (χ2v) is 5.77. The van der Waals surface area contributed by atoms with Crippen LogP contribution in [0.2, 0.25) is 0 Å².